The van der Waals surface area contributed by atoms with Crippen molar-refractivity contribution in [2.45, 2.75) is 37.9 Å². The molecule has 1 aromatic rings. The summed E-state index contributed by atoms with van der Waals surface area (Å²) in [6.07, 6.45) is 0.854. The lowest BCUT2D eigenvalue weighted by Crippen LogP contribution is -2.41. The van der Waals surface area contributed by atoms with E-state index in [0.29, 0.717) is 6.54 Å². The van der Waals surface area contributed by atoms with E-state index in [-0.39, 0.29) is 11.9 Å². The van der Waals surface area contributed by atoms with E-state index >= 15 is 0 Å². The molecule has 0 spiro atoms. The predicted molar refractivity (Wildman–Crippen MR) is 72.6 cm³/mol. The maximum absolute atomic E-state index is 13.0. The van der Waals surface area contributed by atoms with E-state index in [1.54, 1.807) is 0 Å². The summed E-state index contributed by atoms with van der Waals surface area (Å²) in [6, 6.07) is 2.60. The van der Waals surface area contributed by atoms with E-state index in [9.17, 15) is 13.2 Å². The van der Waals surface area contributed by atoms with Crippen LogP contribution in [-0.2, 0) is 6.18 Å². The quantitative estimate of drug-likeness (QED) is 0.767. The summed E-state index contributed by atoms with van der Waals surface area (Å²) in [6.45, 7) is 0.651. The number of anilines is 1. The van der Waals surface area contributed by atoms with Crippen LogP contribution in [-0.4, -0.2) is 22.9 Å². The molecule has 0 saturated carbocycles. The summed E-state index contributed by atoms with van der Waals surface area (Å²) in [5.74, 6) is 0.0839. The van der Waals surface area contributed by atoms with Gasteiger partial charge in [-0.2, -0.15) is 13.2 Å². The third-order valence-corrected chi connectivity index (χ3v) is 3.89. The summed E-state index contributed by atoms with van der Waals surface area (Å²) < 4.78 is 39.1. The molecule has 1 aromatic heterocycles. The molecule has 0 aliphatic carbocycles. The number of pyridine rings is 1. The Morgan fingerprint density at radius 1 is 1.37 bits per heavy atom. The second-order valence-electron chi connectivity index (χ2n) is 4.69. The highest BCUT2D eigenvalue weighted by molar-refractivity contribution is 9.09. The van der Waals surface area contributed by atoms with Crippen LogP contribution in [0.25, 0.3) is 0 Å². The molecule has 0 bridgehead atoms. The topological polar surface area (TPSA) is 16.1 Å². The molecule has 1 atom stereocenters. The number of hydrogen-bond acceptors (Lipinski definition) is 2. The molecule has 2 heterocycles. The number of rotatable bonds is 3. The van der Waals surface area contributed by atoms with Gasteiger partial charge in [-0.15, -0.1) is 0 Å². The first kappa shape index (κ1) is 14.6. The van der Waals surface area contributed by atoms with Gasteiger partial charge in [-0.05, 0) is 37.8 Å². The van der Waals surface area contributed by atoms with Crippen molar-refractivity contribution in [1.82, 2.24) is 4.98 Å². The molecule has 1 saturated heterocycles. The van der Waals surface area contributed by atoms with Crippen LogP contribution in [0.15, 0.2) is 18.3 Å². The number of piperidine rings is 1. The lowest BCUT2D eigenvalue weighted by Gasteiger charge is -2.37. The number of hydrogen-bond donors (Lipinski definition) is 0. The van der Waals surface area contributed by atoms with Gasteiger partial charge in [-0.1, -0.05) is 15.9 Å². The minimum absolute atomic E-state index is 0.0839. The molecule has 6 heteroatoms. The molecule has 0 N–H and O–H groups in total. The molecule has 1 fully saturated rings. The van der Waals surface area contributed by atoms with Gasteiger partial charge >= 0.3 is 6.18 Å². The number of aromatic nitrogens is 1. The molecule has 0 amide bonds. The zero-order valence-electron chi connectivity index (χ0n) is 10.5. The van der Waals surface area contributed by atoms with Crippen molar-refractivity contribution in [2.75, 3.05) is 16.8 Å². The molecule has 0 aromatic carbocycles. The van der Waals surface area contributed by atoms with Crippen molar-refractivity contribution < 1.29 is 13.2 Å². The summed E-state index contributed by atoms with van der Waals surface area (Å²) in [5.41, 5.74) is -0.628. The predicted octanol–water partition coefficient (Wildman–Crippen LogP) is 4.24. The SMILES string of the molecule is FC(F)(F)c1cccnc1N1CCCCC1CCBr. The second-order valence-corrected chi connectivity index (χ2v) is 5.49. The van der Waals surface area contributed by atoms with Gasteiger partial charge < -0.3 is 4.90 Å². The van der Waals surface area contributed by atoms with E-state index < -0.39 is 11.7 Å². The molecule has 106 valence electrons. The van der Waals surface area contributed by atoms with E-state index in [1.807, 2.05) is 4.90 Å². The van der Waals surface area contributed by atoms with Gasteiger partial charge in [0.2, 0.25) is 0 Å². The highest BCUT2D eigenvalue weighted by Crippen LogP contribution is 2.37. The van der Waals surface area contributed by atoms with Crippen LogP contribution in [0.3, 0.4) is 0 Å². The monoisotopic (exact) mass is 336 g/mol. The standard InChI is InChI=1S/C13H16BrF3N2/c14-7-6-10-4-1-2-9-19(10)12-11(13(15,16)17)5-3-8-18-12/h3,5,8,10H,1-2,4,6-7,9H2. The summed E-state index contributed by atoms with van der Waals surface area (Å²) in [5, 5.41) is 0.794. The van der Waals surface area contributed by atoms with Gasteiger partial charge in [0.1, 0.15) is 5.82 Å². The van der Waals surface area contributed by atoms with Crippen molar-refractivity contribution in [1.29, 1.82) is 0 Å². The van der Waals surface area contributed by atoms with Gasteiger partial charge in [-0.25, -0.2) is 4.98 Å². The normalized spacial score (nSPS) is 20.6. The minimum atomic E-state index is -4.35. The average molecular weight is 337 g/mol. The molecule has 2 nitrogen and oxygen atoms in total. The first-order valence-corrected chi connectivity index (χ1v) is 7.51. The number of nitrogens with zero attached hydrogens (tertiary/aromatic N) is 2. The maximum atomic E-state index is 13.0. The highest BCUT2D eigenvalue weighted by Gasteiger charge is 2.37. The average Bonchev–Trinajstić information content (AvgIpc) is 2.39. The fraction of sp³-hybridized carbons (Fsp3) is 0.615. The Morgan fingerprint density at radius 2 is 2.16 bits per heavy atom. The summed E-state index contributed by atoms with van der Waals surface area (Å²) in [4.78, 5) is 5.82. The van der Waals surface area contributed by atoms with Crippen molar-refractivity contribution in [2.24, 2.45) is 0 Å². The van der Waals surface area contributed by atoms with Crippen LogP contribution in [0, 0.1) is 0 Å². The van der Waals surface area contributed by atoms with Crippen LogP contribution < -0.4 is 4.90 Å². The summed E-state index contributed by atoms with van der Waals surface area (Å²) >= 11 is 3.37. The Kier molecular flexibility index (Phi) is 4.71. The Bertz CT molecular complexity index is 421. The van der Waals surface area contributed by atoms with Crippen LogP contribution >= 0.6 is 15.9 Å². The van der Waals surface area contributed by atoms with E-state index in [4.69, 9.17) is 0 Å². The maximum Gasteiger partial charge on any atom is 0.419 e. The second kappa shape index (κ2) is 6.11. The van der Waals surface area contributed by atoms with Gasteiger partial charge in [0.05, 0.1) is 5.56 Å². The molecular weight excluding hydrogens is 321 g/mol. The Morgan fingerprint density at radius 3 is 2.84 bits per heavy atom. The van der Waals surface area contributed by atoms with E-state index in [1.165, 1.54) is 12.3 Å². The fourth-order valence-corrected chi connectivity index (χ4v) is 3.08. The van der Waals surface area contributed by atoms with Crippen molar-refractivity contribution >= 4 is 21.7 Å². The number of alkyl halides is 4. The zero-order valence-corrected chi connectivity index (χ0v) is 12.0. The van der Waals surface area contributed by atoms with Gasteiger partial charge in [0.15, 0.2) is 0 Å². The number of halogens is 4. The van der Waals surface area contributed by atoms with Crippen molar-refractivity contribution in [3.8, 4) is 0 Å². The van der Waals surface area contributed by atoms with Crippen molar-refractivity contribution in [3.63, 3.8) is 0 Å². The molecule has 0 radical (unpaired) electrons. The largest absolute Gasteiger partial charge is 0.419 e. The molecule has 1 unspecified atom stereocenters. The molecule has 1 aliphatic heterocycles. The summed E-state index contributed by atoms with van der Waals surface area (Å²) in [7, 11) is 0. The lowest BCUT2D eigenvalue weighted by molar-refractivity contribution is -0.137. The Hall–Kier alpha value is -0.780. The van der Waals surface area contributed by atoms with Crippen molar-refractivity contribution in [3.05, 3.63) is 23.9 Å². The minimum Gasteiger partial charge on any atom is -0.353 e. The van der Waals surface area contributed by atoms with Gasteiger partial charge in [-0.3, -0.25) is 0 Å². The third-order valence-electron chi connectivity index (χ3n) is 3.43. The molecular formula is C13H16BrF3N2. The smallest absolute Gasteiger partial charge is 0.353 e. The molecule has 2 rings (SSSR count). The van der Waals surface area contributed by atoms with E-state index in [2.05, 4.69) is 20.9 Å². The zero-order chi connectivity index (χ0) is 13.9. The van der Waals surface area contributed by atoms with Crippen LogP contribution in [0.2, 0.25) is 0 Å². The first-order valence-electron chi connectivity index (χ1n) is 6.39. The molecule has 19 heavy (non-hydrogen) atoms. The van der Waals surface area contributed by atoms with Gasteiger partial charge in [0, 0.05) is 24.1 Å². The highest BCUT2D eigenvalue weighted by atomic mass is 79.9. The first-order chi connectivity index (χ1) is 9.04. The molecule has 1 aliphatic rings. The third kappa shape index (κ3) is 3.41. The Balaban J connectivity index is 2.33. The fourth-order valence-electron chi connectivity index (χ4n) is 2.55. The Labute approximate surface area is 119 Å². The van der Waals surface area contributed by atoms with Crippen LogP contribution in [0.1, 0.15) is 31.2 Å². The van der Waals surface area contributed by atoms with Crippen LogP contribution in [0.4, 0.5) is 19.0 Å². The van der Waals surface area contributed by atoms with Gasteiger partial charge in [0.25, 0.3) is 0 Å². The van der Waals surface area contributed by atoms with E-state index in [0.717, 1.165) is 37.1 Å². The lowest BCUT2D eigenvalue weighted by atomic mass is 9.99. The van der Waals surface area contributed by atoms with Crippen LogP contribution in [0.5, 0.6) is 0 Å².